The van der Waals surface area contributed by atoms with E-state index in [-0.39, 0.29) is 12.4 Å². The summed E-state index contributed by atoms with van der Waals surface area (Å²) in [6, 6.07) is 0.296. The number of ether oxygens (including phenoxy) is 2. The summed E-state index contributed by atoms with van der Waals surface area (Å²) < 4.78 is 11.0. The van der Waals surface area contributed by atoms with Gasteiger partial charge >= 0.3 is 0 Å². The molecule has 0 fully saturated rings. The van der Waals surface area contributed by atoms with E-state index in [2.05, 4.69) is 11.9 Å². The smallest absolute Gasteiger partial charge is 0.183 e. The highest BCUT2D eigenvalue weighted by Gasteiger charge is 2.13. The van der Waals surface area contributed by atoms with Crippen molar-refractivity contribution in [2.75, 3.05) is 19.8 Å². The Balaban J connectivity index is 2.37. The van der Waals surface area contributed by atoms with E-state index in [1.165, 1.54) is 0 Å². The van der Waals surface area contributed by atoms with Crippen LogP contribution in [0.4, 0.5) is 0 Å². The van der Waals surface area contributed by atoms with Gasteiger partial charge in [-0.2, -0.15) is 0 Å². The van der Waals surface area contributed by atoms with E-state index in [0.29, 0.717) is 30.7 Å². The van der Waals surface area contributed by atoms with Gasteiger partial charge in [0, 0.05) is 6.04 Å². The highest BCUT2D eigenvalue weighted by atomic mass is 16.5. The Morgan fingerprint density at radius 3 is 2.58 bits per heavy atom. The van der Waals surface area contributed by atoms with Crippen molar-refractivity contribution in [3.8, 4) is 0 Å². The molecule has 0 saturated heterocycles. The van der Waals surface area contributed by atoms with E-state index in [9.17, 15) is 4.79 Å². The quantitative estimate of drug-likeness (QED) is 0.650. The van der Waals surface area contributed by atoms with Gasteiger partial charge in [-0.3, -0.25) is 4.79 Å². The minimum absolute atomic E-state index is 0.0308. The topological polar surface area (TPSA) is 47.6 Å². The number of hydrogen-bond acceptors (Lipinski definition) is 4. The standard InChI is InChI=1S/C15H23NO3/c1-4-9-18-14-7-5-6-8-15(14)19-11-13(17)10-16-12(2)3/h4,7-8,12,16H,1,5-6,9-11H2,2-3H3. The molecule has 4 heteroatoms. The lowest BCUT2D eigenvalue weighted by Gasteiger charge is -2.17. The number of hydrogen-bond donors (Lipinski definition) is 1. The van der Waals surface area contributed by atoms with Gasteiger partial charge in [0.05, 0.1) is 6.54 Å². The zero-order chi connectivity index (χ0) is 14.1. The summed E-state index contributed by atoms with van der Waals surface area (Å²) in [5, 5.41) is 3.07. The summed E-state index contributed by atoms with van der Waals surface area (Å²) in [4.78, 5) is 11.6. The van der Waals surface area contributed by atoms with Crippen LogP contribution in [-0.2, 0) is 14.3 Å². The molecule has 0 saturated carbocycles. The molecule has 1 aliphatic carbocycles. The van der Waals surface area contributed by atoms with Gasteiger partial charge in [0.25, 0.3) is 0 Å². The van der Waals surface area contributed by atoms with Gasteiger partial charge in [-0.15, -0.1) is 0 Å². The van der Waals surface area contributed by atoms with Crippen LogP contribution in [0.3, 0.4) is 0 Å². The van der Waals surface area contributed by atoms with Gasteiger partial charge in [-0.05, 0) is 25.0 Å². The second kappa shape index (κ2) is 8.53. The van der Waals surface area contributed by atoms with Crippen LogP contribution in [0.5, 0.6) is 0 Å². The molecule has 0 atom stereocenters. The van der Waals surface area contributed by atoms with Crippen molar-refractivity contribution in [1.29, 1.82) is 0 Å². The van der Waals surface area contributed by atoms with Crippen molar-refractivity contribution in [1.82, 2.24) is 5.32 Å². The zero-order valence-electron chi connectivity index (χ0n) is 11.8. The maximum absolute atomic E-state index is 11.6. The molecule has 1 rings (SSSR count). The Bertz CT molecular complexity index is 370. The van der Waals surface area contributed by atoms with Gasteiger partial charge in [-0.1, -0.05) is 26.5 Å². The van der Waals surface area contributed by atoms with Crippen molar-refractivity contribution < 1.29 is 14.3 Å². The van der Waals surface area contributed by atoms with E-state index in [0.717, 1.165) is 12.8 Å². The van der Waals surface area contributed by atoms with Gasteiger partial charge in [0.1, 0.15) is 13.2 Å². The molecule has 0 aliphatic heterocycles. The number of carbonyl (C=O) groups is 1. The predicted molar refractivity (Wildman–Crippen MR) is 75.6 cm³/mol. The van der Waals surface area contributed by atoms with Crippen LogP contribution in [0.15, 0.2) is 36.3 Å². The molecular formula is C15H23NO3. The van der Waals surface area contributed by atoms with Crippen molar-refractivity contribution in [3.63, 3.8) is 0 Å². The molecule has 0 aromatic rings. The van der Waals surface area contributed by atoms with Gasteiger partial charge in [-0.25, -0.2) is 0 Å². The van der Waals surface area contributed by atoms with Crippen molar-refractivity contribution in [2.45, 2.75) is 32.7 Å². The minimum Gasteiger partial charge on any atom is -0.486 e. The minimum atomic E-state index is 0.0308. The first-order valence-corrected chi connectivity index (χ1v) is 6.65. The second-order valence-electron chi connectivity index (χ2n) is 4.68. The SMILES string of the molecule is C=CCOC1=CCCC=C1OCC(=O)CNC(C)C. The molecule has 0 aromatic carbocycles. The third kappa shape index (κ3) is 6.25. The Morgan fingerprint density at radius 2 is 2.00 bits per heavy atom. The molecule has 0 unspecified atom stereocenters. The zero-order valence-corrected chi connectivity index (χ0v) is 11.8. The molecule has 106 valence electrons. The maximum Gasteiger partial charge on any atom is 0.183 e. The Kier molecular flexibility index (Phi) is 6.97. The van der Waals surface area contributed by atoms with Crippen LogP contribution in [0.2, 0.25) is 0 Å². The molecule has 19 heavy (non-hydrogen) atoms. The molecular weight excluding hydrogens is 242 g/mol. The van der Waals surface area contributed by atoms with Crippen molar-refractivity contribution in [2.24, 2.45) is 0 Å². The molecule has 0 amide bonds. The first-order valence-electron chi connectivity index (χ1n) is 6.65. The van der Waals surface area contributed by atoms with Crippen LogP contribution in [0.1, 0.15) is 26.7 Å². The van der Waals surface area contributed by atoms with Gasteiger partial charge < -0.3 is 14.8 Å². The lowest BCUT2D eigenvalue weighted by atomic mass is 10.1. The third-order valence-corrected chi connectivity index (χ3v) is 2.52. The number of Topliss-reactive ketones (excluding diaryl/α,β-unsaturated/α-hetero) is 1. The Morgan fingerprint density at radius 1 is 1.37 bits per heavy atom. The molecule has 0 aromatic heterocycles. The van der Waals surface area contributed by atoms with E-state index in [1.54, 1.807) is 6.08 Å². The predicted octanol–water partition coefficient (Wildman–Crippen LogP) is 2.33. The molecule has 4 nitrogen and oxygen atoms in total. The van der Waals surface area contributed by atoms with E-state index < -0.39 is 0 Å². The normalized spacial score (nSPS) is 14.7. The van der Waals surface area contributed by atoms with E-state index >= 15 is 0 Å². The van der Waals surface area contributed by atoms with Crippen LogP contribution < -0.4 is 5.32 Å². The van der Waals surface area contributed by atoms with Crippen LogP contribution in [0.25, 0.3) is 0 Å². The van der Waals surface area contributed by atoms with Crippen LogP contribution in [0, 0.1) is 0 Å². The largest absolute Gasteiger partial charge is 0.486 e. The summed E-state index contributed by atoms with van der Waals surface area (Å²) in [5.41, 5.74) is 0. The molecule has 0 spiro atoms. The lowest BCUT2D eigenvalue weighted by molar-refractivity contribution is -0.121. The second-order valence-corrected chi connectivity index (χ2v) is 4.68. The average molecular weight is 265 g/mol. The fourth-order valence-corrected chi connectivity index (χ4v) is 1.57. The van der Waals surface area contributed by atoms with Gasteiger partial charge in [0.2, 0.25) is 0 Å². The Labute approximate surface area is 115 Å². The van der Waals surface area contributed by atoms with Gasteiger partial charge in [0.15, 0.2) is 17.3 Å². The first kappa shape index (κ1) is 15.5. The number of ketones is 1. The van der Waals surface area contributed by atoms with E-state index in [4.69, 9.17) is 9.47 Å². The first-order chi connectivity index (χ1) is 9.13. The number of rotatable bonds is 9. The molecule has 0 bridgehead atoms. The third-order valence-electron chi connectivity index (χ3n) is 2.52. The van der Waals surface area contributed by atoms with Crippen LogP contribution in [-0.4, -0.2) is 31.6 Å². The summed E-state index contributed by atoms with van der Waals surface area (Å²) in [7, 11) is 0. The van der Waals surface area contributed by atoms with Crippen LogP contribution >= 0.6 is 0 Å². The Hall–Kier alpha value is -1.55. The molecule has 1 aliphatic rings. The monoisotopic (exact) mass is 265 g/mol. The van der Waals surface area contributed by atoms with Crippen molar-refractivity contribution >= 4 is 5.78 Å². The van der Waals surface area contributed by atoms with E-state index in [1.807, 2.05) is 26.0 Å². The highest BCUT2D eigenvalue weighted by molar-refractivity contribution is 5.81. The number of nitrogens with one attached hydrogen (secondary N) is 1. The molecule has 0 radical (unpaired) electrons. The molecule has 1 N–H and O–H groups in total. The average Bonchev–Trinajstić information content (AvgIpc) is 2.41. The summed E-state index contributed by atoms with van der Waals surface area (Å²) >= 11 is 0. The maximum atomic E-state index is 11.6. The lowest BCUT2D eigenvalue weighted by Crippen LogP contribution is -2.31. The summed E-state index contributed by atoms with van der Waals surface area (Å²) in [6.07, 6.45) is 7.47. The summed E-state index contributed by atoms with van der Waals surface area (Å²) in [6.45, 7) is 8.45. The molecule has 0 heterocycles. The summed E-state index contributed by atoms with van der Waals surface area (Å²) in [5.74, 6) is 1.39. The number of carbonyl (C=O) groups excluding carboxylic acids is 1. The fraction of sp³-hybridized carbons (Fsp3) is 0.533. The van der Waals surface area contributed by atoms with Crippen molar-refractivity contribution in [3.05, 3.63) is 36.3 Å². The highest BCUT2D eigenvalue weighted by Crippen LogP contribution is 2.20. The fourth-order valence-electron chi connectivity index (χ4n) is 1.57. The number of allylic oxidation sites excluding steroid dienone is 2.